The first-order chi connectivity index (χ1) is 4.20. The van der Waals surface area contributed by atoms with Gasteiger partial charge in [0, 0.05) is 16.8 Å². The molecule has 0 saturated carbocycles. The van der Waals surface area contributed by atoms with Crippen molar-refractivity contribution in [2.45, 2.75) is 0 Å². The lowest BCUT2D eigenvalue weighted by atomic mass is 10.5. The fraction of sp³-hybridized carbons (Fsp3) is 0. The molecule has 2 heteroatoms. The number of nitrogens with zero attached hydrogens (tertiary/aromatic N) is 1. The Bertz CT molecular complexity index is 226. The molecule has 0 N–H and O–H groups in total. The summed E-state index contributed by atoms with van der Waals surface area (Å²) in [6.07, 6.45) is 0.241. The van der Waals surface area contributed by atoms with Gasteiger partial charge in [-0.1, -0.05) is 0 Å². The van der Waals surface area contributed by atoms with Crippen LogP contribution in [-0.2, 0) is 0 Å². The van der Waals surface area contributed by atoms with Gasteiger partial charge in [0.25, 0.3) is 0 Å². The molecule has 7 heavy (non-hydrogen) atoms. The molecule has 1 heterocycles. The Hall–Kier alpha value is -0.370. The summed E-state index contributed by atoms with van der Waals surface area (Å²) in [6.45, 7) is 0. The van der Waals surface area contributed by atoms with Gasteiger partial charge in [-0.25, -0.2) is 0 Å². The molecule has 0 aliphatic rings. The molecule has 0 aliphatic heterocycles. The SMILES string of the molecule is [2H]c1ccc(Br)c([2H])n1. The van der Waals surface area contributed by atoms with E-state index < -0.39 is 0 Å². The lowest BCUT2D eigenvalue weighted by Gasteiger charge is -1.80. The third-order valence-electron chi connectivity index (χ3n) is 0.531. The van der Waals surface area contributed by atoms with Crippen molar-refractivity contribution in [2.75, 3.05) is 0 Å². The van der Waals surface area contributed by atoms with E-state index in [1.165, 1.54) is 6.07 Å². The van der Waals surface area contributed by atoms with E-state index in [0.717, 1.165) is 0 Å². The van der Waals surface area contributed by atoms with Crippen molar-refractivity contribution < 1.29 is 2.74 Å². The van der Waals surface area contributed by atoms with Crippen LogP contribution in [0.15, 0.2) is 29.0 Å². The third kappa shape index (κ3) is 1.27. The minimum atomic E-state index is 0.113. The van der Waals surface area contributed by atoms with Crippen LogP contribution in [0.25, 0.3) is 0 Å². The minimum Gasteiger partial charge on any atom is -0.264 e. The average Bonchev–Trinajstić information content (AvgIpc) is 1.80. The van der Waals surface area contributed by atoms with Gasteiger partial charge in [-0.05, 0) is 28.1 Å². The van der Waals surface area contributed by atoms with Gasteiger partial charge in [0.05, 0.1) is 2.74 Å². The Morgan fingerprint density at radius 2 is 2.71 bits per heavy atom. The van der Waals surface area contributed by atoms with Gasteiger partial charge in [-0.15, -0.1) is 0 Å². The summed E-state index contributed by atoms with van der Waals surface area (Å²) in [5.41, 5.74) is 0. The lowest BCUT2D eigenvalue weighted by molar-refractivity contribution is 1.31. The Balaban J connectivity index is 3.17. The standard InChI is InChI=1S/C5H4BrN/c6-5-2-1-3-7-4-5/h1-4H/i3D,4D. The first kappa shape index (κ1) is 2.82. The first-order valence-electron chi connectivity index (χ1n) is 2.80. The molecule has 0 aliphatic carbocycles. The molecule has 1 aromatic rings. The van der Waals surface area contributed by atoms with Crippen molar-refractivity contribution >= 4 is 15.9 Å². The maximum atomic E-state index is 7.08. The van der Waals surface area contributed by atoms with Crippen LogP contribution in [0.1, 0.15) is 2.74 Å². The monoisotopic (exact) mass is 159 g/mol. The summed E-state index contributed by atoms with van der Waals surface area (Å²) in [4.78, 5) is 3.56. The van der Waals surface area contributed by atoms with Crippen molar-refractivity contribution in [1.29, 1.82) is 0 Å². The fourth-order valence-electron chi connectivity index (χ4n) is 0.271. The van der Waals surface area contributed by atoms with Gasteiger partial charge < -0.3 is 0 Å². The summed E-state index contributed by atoms with van der Waals surface area (Å²) < 4.78 is 14.7. The van der Waals surface area contributed by atoms with Crippen LogP contribution in [-0.4, -0.2) is 4.98 Å². The second kappa shape index (κ2) is 2.07. The van der Waals surface area contributed by atoms with Crippen molar-refractivity contribution in [3.63, 3.8) is 0 Å². The normalized spacial score (nSPS) is 12.7. The number of rotatable bonds is 0. The highest BCUT2D eigenvalue weighted by molar-refractivity contribution is 9.10. The molecule has 0 fully saturated rings. The second-order valence-electron chi connectivity index (χ2n) is 1.03. The smallest absolute Gasteiger partial charge is 0.0852 e. The van der Waals surface area contributed by atoms with Gasteiger partial charge in [0.1, 0.15) is 0 Å². The summed E-state index contributed by atoms with van der Waals surface area (Å²) in [6, 6.07) is 3.17. The topological polar surface area (TPSA) is 12.9 Å². The fourth-order valence-corrected chi connectivity index (χ4v) is 0.491. The molecule has 0 atom stereocenters. The largest absolute Gasteiger partial charge is 0.264 e. The maximum Gasteiger partial charge on any atom is 0.0852 e. The van der Waals surface area contributed by atoms with Gasteiger partial charge in [-0.2, -0.15) is 0 Å². The number of halogens is 1. The van der Waals surface area contributed by atoms with Crippen LogP contribution in [0.4, 0.5) is 0 Å². The first-order valence-corrected chi connectivity index (χ1v) is 2.59. The van der Waals surface area contributed by atoms with E-state index in [1.807, 2.05) is 0 Å². The van der Waals surface area contributed by atoms with E-state index in [1.54, 1.807) is 6.07 Å². The second-order valence-corrected chi connectivity index (χ2v) is 1.89. The Morgan fingerprint density at radius 1 is 1.86 bits per heavy atom. The van der Waals surface area contributed by atoms with Gasteiger partial charge in [0.2, 0.25) is 0 Å². The van der Waals surface area contributed by atoms with Crippen LogP contribution in [0.3, 0.4) is 0 Å². The van der Waals surface area contributed by atoms with E-state index in [-0.39, 0.29) is 12.3 Å². The molecule has 0 amide bonds. The Labute approximate surface area is 53.3 Å². The highest BCUT2D eigenvalue weighted by atomic mass is 79.9. The molecule has 1 aromatic heterocycles. The van der Waals surface area contributed by atoms with Crippen molar-refractivity contribution in [3.05, 3.63) is 29.0 Å². The van der Waals surface area contributed by atoms with Crippen LogP contribution in [0.5, 0.6) is 0 Å². The van der Waals surface area contributed by atoms with Crippen molar-refractivity contribution in [2.24, 2.45) is 0 Å². The van der Waals surface area contributed by atoms with Crippen molar-refractivity contribution in [3.8, 4) is 0 Å². The number of aromatic nitrogens is 1. The molecule has 0 aromatic carbocycles. The molecule has 36 valence electrons. The molecule has 1 rings (SSSR count). The van der Waals surface area contributed by atoms with Gasteiger partial charge >= 0.3 is 0 Å². The van der Waals surface area contributed by atoms with Crippen molar-refractivity contribution in [1.82, 2.24) is 4.98 Å². The third-order valence-corrected chi connectivity index (χ3v) is 0.973. The molecule has 0 saturated heterocycles. The number of pyridine rings is 1. The van der Waals surface area contributed by atoms with Crippen LogP contribution in [0, 0.1) is 0 Å². The number of hydrogen-bond donors (Lipinski definition) is 0. The van der Waals surface area contributed by atoms with E-state index in [9.17, 15) is 0 Å². The zero-order chi connectivity index (χ0) is 6.85. The maximum absolute atomic E-state index is 7.08. The quantitative estimate of drug-likeness (QED) is 0.564. The highest BCUT2D eigenvalue weighted by Crippen LogP contribution is 2.02. The van der Waals surface area contributed by atoms with E-state index in [4.69, 9.17) is 2.74 Å². The van der Waals surface area contributed by atoms with E-state index in [2.05, 4.69) is 20.9 Å². The molecular formula is C5H4BrN. The van der Waals surface area contributed by atoms with E-state index in [0.29, 0.717) is 4.47 Å². The summed E-state index contributed by atoms with van der Waals surface area (Å²) in [5.74, 6) is 0. The summed E-state index contributed by atoms with van der Waals surface area (Å²) in [5, 5.41) is 0. The Kier molecular flexibility index (Phi) is 0.836. The van der Waals surface area contributed by atoms with Crippen LogP contribution in [0.2, 0.25) is 0 Å². The van der Waals surface area contributed by atoms with Crippen LogP contribution >= 0.6 is 15.9 Å². The molecule has 1 nitrogen and oxygen atoms in total. The van der Waals surface area contributed by atoms with Gasteiger partial charge in [-0.3, -0.25) is 4.98 Å². The average molecular weight is 160 g/mol. The zero-order valence-corrected chi connectivity index (χ0v) is 5.07. The molecule has 0 unspecified atom stereocenters. The predicted molar refractivity (Wildman–Crippen MR) is 31.9 cm³/mol. The summed E-state index contributed by atoms with van der Waals surface area (Å²) in [7, 11) is 0. The lowest BCUT2D eigenvalue weighted by Crippen LogP contribution is -1.64. The Morgan fingerprint density at radius 3 is 3.29 bits per heavy atom. The molecular weight excluding hydrogens is 154 g/mol. The van der Waals surface area contributed by atoms with E-state index >= 15 is 0 Å². The highest BCUT2D eigenvalue weighted by Gasteiger charge is 1.75. The number of hydrogen-bond acceptors (Lipinski definition) is 1. The zero-order valence-electron chi connectivity index (χ0n) is 5.48. The minimum absolute atomic E-state index is 0.113. The molecule has 0 bridgehead atoms. The van der Waals surface area contributed by atoms with Crippen LogP contribution < -0.4 is 0 Å². The van der Waals surface area contributed by atoms with Gasteiger partial charge in [0.15, 0.2) is 0 Å². The molecule has 0 radical (unpaired) electrons. The predicted octanol–water partition coefficient (Wildman–Crippen LogP) is 1.84. The molecule has 0 spiro atoms. The summed E-state index contributed by atoms with van der Waals surface area (Å²) >= 11 is 3.10.